The Morgan fingerprint density at radius 1 is 1.07 bits per heavy atom. The molecular formula is C22H24BN3O. The molecule has 5 heteroatoms. The van der Waals surface area contributed by atoms with Crippen molar-refractivity contribution in [1.29, 1.82) is 0 Å². The zero-order chi connectivity index (χ0) is 19.0. The first-order valence-corrected chi connectivity index (χ1v) is 9.49. The van der Waals surface area contributed by atoms with Crippen molar-refractivity contribution in [3.05, 3.63) is 65.3 Å². The van der Waals surface area contributed by atoms with Crippen LogP contribution < -0.4 is 5.46 Å². The number of fused-ring (bicyclic) bond motifs is 1. The normalized spacial score (nSPS) is 11.4. The number of aromatic nitrogens is 3. The van der Waals surface area contributed by atoms with Gasteiger partial charge >= 0.3 is 0 Å². The van der Waals surface area contributed by atoms with Crippen LogP contribution in [0.3, 0.4) is 0 Å². The van der Waals surface area contributed by atoms with Gasteiger partial charge in [-0.3, -0.25) is 0 Å². The molecule has 27 heavy (non-hydrogen) atoms. The van der Waals surface area contributed by atoms with Crippen molar-refractivity contribution >= 4 is 24.3 Å². The summed E-state index contributed by atoms with van der Waals surface area (Å²) in [5, 5.41) is 4.09. The molecule has 0 fully saturated rings. The zero-order valence-electron chi connectivity index (χ0n) is 16.4. The highest BCUT2D eigenvalue weighted by atomic mass is 16.5. The van der Waals surface area contributed by atoms with E-state index in [1.54, 1.807) is 0 Å². The molecule has 2 aromatic heterocycles. The maximum atomic E-state index is 5.35. The summed E-state index contributed by atoms with van der Waals surface area (Å²) in [5.74, 6) is 1.92. The minimum atomic E-state index is 0.852. The van der Waals surface area contributed by atoms with E-state index in [1.165, 1.54) is 16.5 Å². The first-order valence-electron chi connectivity index (χ1n) is 9.49. The van der Waals surface area contributed by atoms with Crippen molar-refractivity contribution in [2.45, 2.75) is 40.2 Å². The monoisotopic (exact) mass is 357 g/mol. The summed E-state index contributed by atoms with van der Waals surface area (Å²) < 4.78 is 7.70. The van der Waals surface area contributed by atoms with Crippen LogP contribution in [0.4, 0.5) is 0 Å². The molecular weight excluding hydrogens is 333 g/mol. The van der Waals surface area contributed by atoms with Gasteiger partial charge in [0, 0.05) is 12.1 Å². The molecule has 0 radical (unpaired) electrons. The van der Waals surface area contributed by atoms with Crippen LogP contribution in [0.5, 0.6) is 0 Å². The van der Waals surface area contributed by atoms with Gasteiger partial charge in [0.2, 0.25) is 0 Å². The largest absolute Gasteiger partial charge is 0.361 e. The third-order valence-electron chi connectivity index (χ3n) is 5.24. The number of imidazole rings is 1. The van der Waals surface area contributed by atoms with Crippen molar-refractivity contribution in [2.24, 2.45) is 0 Å². The summed E-state index contributed by atoms with van der Waals surface area (Å²) in [7, 11) is 2.17. The molecule has 4 nitrogen and oxygen atoms in total. The van der Waals surface area contributed by atoms with Crippen molar-refractivity contribution < 1.29 is 4.52 Å². The van der Waals surface area contributed by atoms with E-state index < -0.39 is 0 Å². The van der Waals surface area contributed by atoms with Crippen LogP contribution >= 0.6 is 0 Å². The van der Waals surface area contributed by atoms with E-state index in [0.717, 1.165) is 53.3 Å². The standard InChI is InChI=1S/C22H24BN3O/c1-14-21(15(2)27-25-14)18-12-19(23)22-20(13-18)24-16(3)26(22)11-7-10-17-8-5-4-6-9-17/h4-6,8-9,12-13H,7,10-11,23H2,1-3H3. The Labute approximate surface area is 160 Å². The molecule has 0 aliphatic rings. The molecule has 0 amide bonds. The van der Waals surface area contributed by atoms with Gasteiger partial charge in [-0.15, -0.1) is 0 Å². The fourth-order valence-corrected chi connectivity index (χ4v) is 3.99. The minimum Gasteiger partial charge on any atom is -0.361 e. The highest BCUT2D eigenvalue weighted by molar-refractivity contribution is 6.38. The van der Waals surface area contributed by atoms with Crippen LogP contribution in [-0.2, 0) is 13.0 Å². The molecule has 0 N–H and O–H groups in total. The molecule has 0 spiro atoms. The molecule has 4 rings (SSSR count). The Morgan fingerprint density at radius 3 is 2.56 bits per heavy atom. The lowest BCUT2D eigenvalue weighted by Gasteiger charge is -2.10. The Bertz CT molecular complexity index is 1080. The topological polar surface area (TPSA) is 43.9 Å². The summed E-state index contributed by atoms with van der Waals surface area (Å²) >= 11 is 0. The third-order valence-corrected chi connectivity index (χ3v) is 5.24. The number of hydrogen-bond donors (Lipinski definition) is 0. The molecule has 0 saturated carbocycles. The van der Waals surface area contributed by atoms with Gasteiger partial charge in [0.15, 0.2) is 0 Å². The summed E-state index contributed by atoms with van der Waals surface area (Å²) in [6, 6.07) is 15.1. The van der Waals surface area contributed by atoms with Crippen molar-refractivity contribution in [2.75, 3.05) is 0 Å². The van der Waals surface area contributed by atoms with Crippen molar-refractivity contribution in [1.82, 2.24) is 14.7 Å². The van der Waals surface area contributed by atoms with Gasteiger partial charge in [-0.05, 0) is 50.8 Å². The fourth-order valence-electron chi connectivity index (χ4n) is 3.99. The Morgan fingerprint density at radius 2 is 1.85 bits per heavy atom. The van der Waals surface area contributed by atoms with Crippen molar-refractivity contribution in [3.63, 3.8) is 0 Å². The molecule has 4 aromatic rings. The van der Waals surface area contributed by atoms with Gasteiger partial charge < -0.3 is 9.09 Å². The molecule has 0 aliphatic heterocycles. The molecule has 0 saturated heterocycles. The van der Waals surface area contributed by atoms with E-state index in [1.807, 2.05) is 13.8 Å². The van der Waals surface area contributed by atoms with E-state index in [9.17, 15) is 0 Å². The van der Waals surface area contributed by atoms with E-state index in [4.69, 9.17) is 9.51 Å². The second kappa shape index (κ2) is 7.07. The maximum absolute atomic E-state index is 5.35. The van der Waals surface area contributed by atoms with Crippen LogP contribution in [0.25, 0.3) is 22.2 Å². The number of aryl methyl sites for hydroxylation is 5. The number of rotatable bonds is 5. The first-order chi connectivity index (χ1) is 13.0. The third kappa shape index (κ3) is 3.30. The van der Waals surface area contributed by atoms with Gasteiger partial charge in [0.05, 0.1) is 16.7 Å². The van der Waals surface area contributed by atoms with Crippen LogP contribution in [-0.4, -0.2) is 22.6 Å². The van der Waals surface area contributed by atoms with Gasteiger partial charge in [0.25, 0.3) is 0 Å². The van der Waals surface area contributed by atoms with E-state index in [2.05, 4.69) is 67.0 Å². The highest BCUT2D eigenvalue weighted by Crippen LogP contribution is 2.29. The van der Waals surface area contributed by atoms with Gasteiger partial charge in [-0.1, -0.05) is 47.0 Å². The van der Waals surface area contributed by atoms with Crippen LogP contribution in [0.15, 0.2) is 47.0 Å². The lowest BCUT2D eigenvalue weighted by atomic mass is 9.90. The summed E-state index contributed by atoms with van der Waals surface area (Å²) in [5.41, 5.74) is 8.03. The van der Waals surface area contributed by atoms with Gasteiger partial charge in [-0.25, -0.2) is 4.98 Å². The Hall–Kier alpha value is -2.82. The molecule has 0 bridgehead atoms. The smallest absolute Gasteiger partial charge is 0.142 e. The molecule has 0 unspecified atom stereocenters. The van der Waals surface area contributed by atoms with Gasteiger partial charge in [-0.2, -0.15) is 0 Å². The van der Waals surface area contributed by atoms with Gasteiger partial charge in [0.1, 0.15) is 19.4 Å². The second-order valence-corrected chi connectivity index (χ2v) is 7.26. The number of nitrogens with zero attached hydrogens (tertiary/aromatic N) is 3. The summed E-state index contributed by atoms with van der Waals surface area (Å²) in [4.78, 5) is 4.84. The average molecular weight is 357 g/mol. The van der Waals surface area contributed by atoms with E-state index >= 15 is 0 Å². The molecule has 136 valence electrons. The molecule has 2 aromatic carbocycles. The predicted molar refractivity (Wildman–Crippen MR) is 112 cm³/mol. The minimum absolute atomic E-state index is 0.852. The summed E-state index contributed by atoms with van der Waals surface area (Å²) in [6.07, 6.45) is 2.18. The predicted octanol–water partition coefficient (Wildman–Crippen LogP) is 3.51. The molecule has 0 atom stereocenters. The zero-order valence-corrected chi connectivity index (χ0v) is 16.4. The SMILES string of the molecule is Bc1cc(-c2c(C)noc2C)cc2nc(C)n(CCCc3ccccc3)c12. The Kier molecular flexibility index (Phi) is 4.60. The lowest BCUT2D eigenvalue weighted by Crippen LogP contribution is -2.11. The maximum Gasteiger partial charge on any atom is 0.142 e. The van der Waals surface area contributed by atoms with E-state index in [-0.39, 0.29) is 0 Å². The first kappa shape index (κ1) is 17.6. The second-order valence-electron chi connectivity index (χ2n) is 7.26. The van der Waals surface area contributed by atoms with Crippen molar-refractivity contribution in [3.8, 4) is 11.1 Å². The number of benzene rings is 2. The van der Waals surface area contributed by atoms with E-state index in [0.29, 0.717) is 0 Å². The number of hydrogen-bond acceptors (Lipinski definition) is 3. The van der Waals surface area contributed by atoms with Crippen LogP contribution in [0.1, 0.15) is 29.3 Å². The molecule has 2 heterocycles. The lowest BCUT2D eigenvalue weighted by molar-refractivity contribution is 0.393. The average Bonchev–Trinajstić information content (AvgIpc) is 3.15. The fraction of sp³-hybridized carbons (Fsp3) is 0.273. The summed E-state index contributed by atoms with van der Waals surface area (Å²) in [6.45, 7) is 7.02. The van der Waals surface area contributed by atoms with Crippen LogP contribution in [0.2, 0.25) is 0 Å². The van der Waals surface area contributed by atoms with Crippen LogP contribution in [0, 0.1) is 20.8 Å². The quantitative estimate of drug-likeness (QED) is 0.514. The molecule has 0 aliphatic carbocycles. The highest BCUT2D eigenvalue weighted by Gasteiger charge is 2.16. The Balaban J connectivity index is 1.66.